The van der Waals surface area contributed by atoms with Crippen LogP contribution in [-0.4, -0.2) is 31.4 Å². The molecule has 2 unspecified atom stereocenters. The van der Waals surface area contributed by atoms with E-state index in [-0.39, 0.29) is 11.3 Å². The Hall–Kier alpha value is -2.21. The van der Waals surface area contributed by atoms with Crippen LogP contribution >= 0.6 is 0 Å². The molecule has 2 aromatic rings. The van der Waals surface area contributed by atoms with Crippen LogP contribution in [-0.2, 0) is 21.8 Å². The summed E-state index contributed by atoms with van der Waals surface area (Å²) in [4.78, 5) is 3.25. The number of hydrogen-bond donors (Lipinski definition) is 1. The minimum Gasteiger partial charge on any atom is -0.299 e. The molecule has 0 aliphatic carbocycles. The van der Waals surface area contributed by atoms with E-state index in [4.69, 9.17) is 0 Å². The fourth-order valence-electron chi connectivity index (χ4n) is 2.75. The van der Waals surface area contributed by atoms with Crippen LogP contribution < -0.4 is 5.32 Å². The average Bonchev–Trinajstić information content (AvgIpc) is 2.58. The molecule has 2 rings (SSSR count). The van der Waals surface area contributed by atoms with Gasteiger partial charge in [-0.2, -0.15) is 26.3 Å². The molecule has 0 spiro atoms. The number of aromatic nitrogens is 1. The Balaban J connectivity index is 2.13. The molecular formula is C18H17F7N2O2S. The van der Waals surface area contributed by atoms with Crippen molar-refractivity contribution in [1.82, 2.24) is 10.3 Å². The Morgan fingerprint density at radius 3 is 2.13 bits per heavy atom. The molecule has 1 heterocycles. The highest BCUT2D eigenvalue weighted by Gasteiger charge is 2.41. The monoisotopic (exact) mass is 458 g/mol. The maximum atomic E-state index is 13.4. The third-order valence-corrected chi connectivity index (χ3v) is 5.69. The van der Waals surface area contributed by atoms with Gasteiger partial charge in [-0.25, -0.2) is 17.8 Å². The number of rotatable bonds is 7. The molecule has 0 saturated heterocycles. The molecule has 2 atom stereocenters. The zero-order valence-electron chi connectivity index (χ0n) is 15.4. The number of hydrogen-bond acceptors (Lipinski definition) is 4. The molecule has 166 valence electrons. The second-order valence-electron chi connectivity index (χ2n) is 6.66. The number of pyridine rings is 1. The summed E-state index contributed by atoms with van der Waals surface area (Å²) in [5.41, 5.74) is -1.95. The van der Waals surface area contributed by atoms with Crippen molar-refractivity contribution in [3.63, 3.8) is 0 Å². The van der Waals surface area contributed by atoms with Crippen molar-refractivity contribution in [2.24, 2.45) is 0 Å². The smallest absolute Gasteiger partial charge is 0.299 e. The largest absolute Gasteiger partial charge is 0.433 e. The minimum absolute atomic E-state index is 0.312. The normalized spacial score (nSPS) is 15.1. The van der Waals surface area contributed by atoms with E-state index in [2.05, 4.69) is 10.3 Å². The first-order valence-electron chi connectivity index (χ1n) is 8.49. The van der Waals surface area contributed by atoms with Crippen LogP contribution in [0.3, 0.4) is 0 Å². The van der Waals surface area contributed by atoms with Crippen LogP contribution in [0.15, 0.2) is 42.5 Å². The lowest BCUT2D eigenvalue weighted by atomic mass is 10.1. The molecule has 0 bridgehead atoms. The molecule has 1 aromatic heterocycles. The first-order chi connectivity index (χ1) is 13.7. The maximum absolute atomic E-state index is 13.4. The van der Waals surface area contributed by atoms with Gasteiger partial charge in [-0.05, 0) is 36.8 Å². The number of benzene rings is 1. The van der Waals surface area contributed by atoms with Crippen LogP contribution in [0.25, 0.3) is 0 Å². The minimum atomic E-state index is -4.79. The van der Waals surface area contributed by atoms with E-state index in [0.717, 1.165) is 36.4 Å². The summed E-state index contributed by atoms with van der Waals surface area (Å²) < 4.78 is 116. The molecule has 0 radical (unpaired) electrons. The Bertz CT molecular complexity index is 958. The molecule has 0 amide bonds. The quantitative estimate of drug-likeness (QED) is 0.624. The first-order valence-corrected chi connectivity index (χ1v) is 10.3. The lowest BCUT2D eigenvalue weighted by molar-refractivity contribution is -0.159. The summed E-state index contributed by atoms with van der Waals surface area (Å²) in [6.07, 6.45) is -9.55. The zero-order chi connectivity index (χ0) is 22.7. The van der Waals surface area contributed by atoms with Crippen molar-refractivity contribution in [2.75, 3.05) is 5.75 Å². The fraction of sp³-hybridized carbons (Fsp3) is 0.389. The topological polar surface area (TPSA) is 59.1 Å². The summed E-state index contributed by atoms with van der Waals surface area (Å²) in [7, 11) is -4.10. The Morgan fingerprint density at radius 1 is 1.00 bits per heavy atom. The number of halogens is 7. The van der Waals surface area contributed by atoms with Gasteiger partial charge in [-0.1, -0.05) is 18.2 Å². The molecule has 1 aromatic carbocycles. The van der Waals surface area contributed by atoms with Gasteiger partial charge in [0.05, 0.1) is 17.2 Å². The van der Waals surface area contributed by atoms with Crippen molar-refractivity contribution >= 4 is 9.84 Å². The molecule has 12 heteroatoms. The van der Waals surface area contributed by atoms with E-state index in [1.165, 1.54) is 6.92 Å². The van der Waals surface area contributed by atoms with Crippen LogP contribution in [0.2, 0.25) is 0 Å². The van der Waals surface area contributed by atoms with Crippen LogP contribution in [0.1, 0.15) is 29.9 Å². The van der Waals surface area contributed by atoms with Crippen molar-refractivity contribution in [3.8, 4) is 0 Å². The summed E-state index contributed by atoms with van der Waals surface area (Å²) in [6.45, 7) is 1.19. The summed E-state index contributed by atoms with van der Waals surface area (Å²) in [5.74, 6) is -2.38. The third kappa shape index (κ3) is 6.94. The Labute approximate surface area is 168 Å². The van der Waals surface area contributed by atoms with E-state index >= 15 is 0 Å². The van der Waals surface area contributed by atoms with Gasteiger partial charge < -0.3 is 0 Å². The molecule has 0 fully saturated rings. The van der Waals surface area contributed by atoms with Crippen LogP contribution in [0, 0.1) is 5.82 Å². The van der Waals surface area contributed by atoms with E-state index in [1.54, 1.807) is 0 Å². The zero-order valence-corrected chi connectivity index (χ0v) is 16.2. The SMILES string of the molecule is CC(CS(=O)(=O)Cc1cccc(C(F)(F)F)n1)NC(c1ccc(F)cc1)C(F)(F)F. The molecule has 4 nitrogen and oxygen atoms in total. The van der Waals surface area contributed by atoms with Crippen molar-refractivity contribution in [2.45, 2.75) is 37.1 Å². The van der Waals surface area contributed by atoms with Crippen LogP contribution in [0.4, 0.5) is 30.7 Å². The van der Waals surface area contributed by atoms with Gasteiger partial charge in [0.2, 0.25) is 0 Å². The maximum Gasteiger partial charge on any atom is 0.433 e. The fourth-order valence-corrected chi connectivity index (χ4v) is 4.34. The van der Waals surface area contributed by atoms with E-state index in [9.17, 15) is 39.2 Å². The number of nitrogens with zero attached hydrogens (tertiary/aromatic N) is 1. The standard InChI is InChI=1S/C18H17F7N2O2S/c1-11(26-16(18(23,24)25)12-5-7-13(19)8-6-12)9-30(28,29)10-14-3-2-4-15(27-14)17(20,21)22/h2-8,11,16,26H,9-10H2,1H3. The van der Waals surface area contributed by atoms with Crippen LogP contribution in [0.5, 0.6) is 0 Å². The van der Waals surface area contributed by atoms with E-state index in [0.29, 0.717) is 6.07 Å². The molecule has 30 heavy (non-hydrogen) atoms. The molecule has 0 aliphatic rings. The highest BCUT2D eigenvalue weighted by atomic mass is 32.2. The lowest BCUT2D eigenvalue weighted by Gasteiger charge is -2.26. The molecule has 1 N–H and O–H groups in total. The lowest BCUT2D eigenvalue weighted by Crippen LogP contribution is -2.42. The summed E-state index contributed by atoms with van der Waals surface area (Å²) >= 11 is 0. The number of nitrogens with one attached hydrogen (secondary N) is 1. The number of alkyl halides is 6. The summed E-state index contributed by atoms with van der Waals surface area (Å²) in [6, 6.07) is 2.83. The average molecular weight is 458 g/mol. The third-order valence-electron chi connectivity index (χ3n) is 3.95. The highest BCUT2D eigenvalue weighted by molar-refractivity contribution is 7.90. The van der Waals surface area contributed by atoms with E-state index in [1.807, 2.05) is 0 Å². The molecular weight excluding hydrogens is 441 g/mol. The Kier molecular flexibility index (Phi) is 7.12. The van der Waals surface area contributed by atoms with Gasteiger partial charge in [0.1, 0.15) is 17.6 Å². The van der Waals surface area contributed by atoms with Gasteiger partial charge in [0, 0.05) is 6.04 Å². The summed E-state index contributed by atoms with van der Waals surface area (Å²) in [5, 5.41) is 2.14. The number of sulfone groups is 1. The molecule has 0 aliphatic heterocycles. The van der Waals surface area contributed by atoms with Gasteiger partial charge >= 0.3 is 12.4 Å². The second-order valence-corrected chi connectivity index (χ2v) is 8.77. The van der Waals surface area contributed by atoms with Gasteiger partial charge in [-0.3, -0.25) is 5.32 Å². The van der Waals surface area contributed by atoms with Crippen molar-refractivity contribution < 1.29 is 39.2 Å². The predicted octanol–water partition coefficient (Wildman–Crippen LogP) is 4.44. The van der Waals surface area contributed by atoms with Crippen molar-refractivity contribution in [1.29, 1.82) is 0 Å². The molecule has 0 saturated carbocycles. The second kappa shape index (κ2) is 8.88. The van der Waals surface area contributed by atoms with Gasteiger partial charge in [0.25, 0.3) is 0 Å². The Morgan fingerprint density at radius 2 is 1.60 bits per heavy atom. The van der Waals surface area contributed by atoms with Crippen molar-refractivity contribution in [3.05, 3.63) is 65.2 Å². The van der Waals surface area contributed by atoms with Gasteiger partial charge in [-0.15, -0.1) is 0 Å². The predicted molar refractivity (Wildman–Crippen MR) is 94.5 cm³/mol. The van der Waals surface area contributed by atoms with E-state index < -0.39 is 57.3 Å². The highest BCUT2D eigenvalue weighted by Crippen LogP contribution is 2.33. The first kappa shape index (κ1) is 24.1. The van der Waals surface area contributed by atoms with Gasteiger partial charge in [0.15, 0.2) is 9.84 Å².